The molecule has 2 heterocycles. The van der Waals surface area contributed by atoms with E-state index in [1.807, 2.05) is 37.3 Å². The van der Waals surface area contributed by atoms with Crippen molar-refractivity contribution in [3.05, 3.63) is 69.6 Å². The van der Waals surface area contributed by atoms with Crippen LogP contribution < -0.4 is 5.56 Å². The number of amides is 1. The number of nitrogens with one attached hydrogen (secondary N) is 1. The Morgan fingerprint density at radius 2 is 2.13 bits per heavy atom. The first-order chi connectivity index (χ1) is 11.1. The van der Waals surface area contributed by atoms with Crippen LogP contribution >= 0.6 is 0 Å². The molecule has 0 radical (unpaired) electrons. The molecule has 5 heteroatoms. The summed E-state index contributed by atoms with van der Waals surface area (Å²) in [4.78, 5) is 28.2. The van der Waals surface area contributed by atoms with Crippen LogP contribution in [0.25, 0.3) is 0 Å². The summed E-state index contributed by atoms with van der Waals surface area (Å²) in [5.41, 5.74) is 2.74. The van der Waals surface area contributed by atoms with E-state index in [4.69, 9.17) is 4.74 Å². The first kappa shape index (κ1) is 15.3. The molecule has 1 N–H and O–H groups in total. The van der Waals surface area contributed by atoms with Crippen molar-refractivity contribution >= 4 is 6.09 Å². The molecule has 2 aromatic rings. The third-order valence-corrected chi connectivity index (χ3v) is 4.22. The average Bonchev–Trinajstić information content (AvgIpc) is 3.03. The Bertz CT molecular complexity index is 739. The number of pyridine rings is 1. The molecule has 0 bridgehead atoms. The largest absolute Gasteiger partial charge is 0.445 e. The molecule has 1 aliphatic rings. The number of aromatic amines is 1. The molecule has 0 spiro atoms. The van der Waals surface area contributed by atoms with Gasteiger partial charge in [-0.1, -0.05) is 30.3 Å². The minimum atomic E-state index is -0.304. The Kier molecular flexibility index (Phi) is 4.46. The third kappa shape index (κ3) is 3.44. The lowest BCUT2D eigenvalue weighted by Gasteiger charge is -2.25. The van der Waals surface area contributed by atoms with Gasteiger partial charge in [0.2, 0.25) is 5.56 Å². The summed E-state index contributed by atoms with van der Waals surface area (Å²) in [7, 11) is 0. The van der Waals surface area contributed by atoms with Crippen molar-refractivity contribution in [2.24, 2.45) is 0 Å². The Morgan fingerprint density at radius 3 is 2.87 bits per heavy atom. The van der Waals surface area contributed by atoms with Gasteiger partial charge in [-0.2, -0.15) is 0 Å². The number of hydrogen-bond acceptors (Lipinski definition) is 3. The van der Waals surface area contributed by atoms with Crippen molar-refractivity contribution < 1.29 is 9.53 Å². The quantitative estimate of drug-likeness (QED) is 0.947. The highest BCUT2D eigenvalue weighted by Gasteiger charge is 2.32. The van der Waals surface area contributed by atoms with Crippen molar-refractivity contribution in [2.75, 3.05) is 6.54 Å². The maximum absolute atomic E-state index is 12.4. The molecular weight excluding hydrogens is 292 g/mol. The average molecular weight is 312 g/mol. The molecule has 1 saturated heterocycles. The monoisotopic (exact) mass is 312 g/mol. The van der Waals surface area contributed by atoms with Gasteiger partial charge >= 0.3 is 6.09 Å². The fourth-order valence-corrected chi connectivity index (χ4v) is 3.05. The molecule has 1 aromatic heterocycles. The Morgan fingerprint density at radius 1 is 1.35 bits per heavy atom. The zero-order valence-electron chi connectivity index (χ0n) is 13.1. The predicted molar refractivity (Wildman–Crippen MR) is 87.1 cm³/mol. The fourth-order valence-electron chi connectivity index (χ4n) is 3.05. The van der Waals surface area contributed by atoms with Crippen LogP contribution in [0.1, 0.15) is 35.6 Å². The number of ether oxygens (including phenoxy) is 1. The van der Waals surface area contributed by atoms with E-state index in [0.29, 0.717) is 6.54 Å². The normalized spacial score (nSPS) is 17.3. The number of rotatable bonds is 3. The maximum atomic E-state index is 12.4. The molecule has 1 aromatic carbocycles. The maximum Gasteiger partial charge on any atom is 0.410 e. The summed E-state index contributed by atoms with van der Waals surface area (Å²) in [6, 6.07) is 11.2. The zero-order chi connectivity index (χ0) is 16.2. The highest BCUT2D eigenvalue weighted by atomic mass is 16.6. The van der Waals surface area contributed by atoms with Crippen molar-refractivity contribution in [1.82, 2.24) is 9.88 Å². The van der Waals surface area contributed by atoms with Crippen LogP contribution in [0.2, 0.25) is 0 Å². The summed E-state index contributed by atoms with van der Waals surface area (Å²) < 4.78 is 5.44. The molecular formula is C18H20N2O3. The van der Waals surface area contributed by atoms with Gasteiger partial charge in [0, 0.05) is 18.8 Å². The number of aryl methyl sites for hydroxylation is 1. The van der Waals surface area contributed by atoms with E-state index < -0.39 is 0 Å². The topological polar surface area (TPSA) is 62.4 Å². The van der Waals surface area contributed by atoms with Crippen LogP contribution in [-0.4, -0.2) is 22.5 Å². The molecule has 1 amide bonds. The minimum absolute atomic E-state index is 0.0323. The third-order valence-electron chi connectivity index (χ3n) is 4.22. The predicted octanol–water partition coefficient (Wildman–Crippen LogP) is 3.16. The molecule has 23 heavy (non-hydrogen) atoms. The van der Waals surface area contributed by atoms with Crippen molar-refractivity contribution in [3.63, 3.8) is 0 Å². The first-order valence-corrected chi connectivity index (χ1v) is 7.81. The van der Waals surface area contributed by atoms with Crippen molar-refractivity contribution in [2.45, 2.75) is 32.4 Å². The summed E-state index contributed by atoms with van der Waals surface area (Å²) in [5.74, 6) is 0. The Labute approximate surface area is 134 Å². The van der Waals surface area contributed by atoms with Crippen LogP contribution in [0, 0.1) is 6.92 Å². The number of aromatic nitrogens is 1. The van der Waals surface area contributed by atoms with Crippen molar-refractivity contribution in [3.8, 4) is 0 Å². The molecule has 0 unspecified atom stereocenters. The SMILES string of the molecule is Cc1cc(=O)[nH]cc1[C@@H]1CCCN1C(=O)OCc1ccccc1. The second kappa shape index (κ2) is 6.69. The number of carbonyl (C=O) groups excluding carboxylic acids is 1. The van der Waals surface area contributed by atoms with E-state index >= 15 is 0 Å². The number of likely N-dealkylation sites (tertiary alicyclic amines) is 1. The van der Waals surface area contributed by atoms with E-state index in [0.717, 1.165) is 29.5 Å². The highest BCUT2D eigenvalue weighted by Crippen LogP contribution is 2.33. The van der Waals surface area contributed by atoms with Gasteiger partial charge in [0.15, 0.2) is 0 Å². The Balaban J connectivity index is 1.71. The van der Waals surface area contributed by atoms with Gasteiger partial charge in [-0.15, -0.1) is 0 Å². The molecule has 5 nitrogen and oxygen atoms in total. The van der Waals surface area contributed by atoms with E-state index in [2.05, 4.69) is 4.98 Å². The number of carbonyl (C=O) groups is 1. The molecule has 0 saturated carbocycles. The summed E-state index contributed by atoms with van der Waals surface area (Å²) >= 11 is 0. The van der Waals surface area contributed by atoms with Gasteiger partial charge in [-0.05, 0) is 36.5 Å². The number of hydrogen-bond donors (Lipinski definition) is 1. The molecule has 3 rings (SSSR count). The molecule has 120 valence electrons. The second-order valence-electron chi connectivity index (χ2n) is 5.83. The van der Waals surface area contributed by atoms with E-state index in [9.17, 15) is 9.59 Å². The number of benzene rings is 1. The fraction of sp³-hybridized carbons (Fsp3) is 0.333. The summed E-state index contributed by atoms with van der Waals surface area (Å²) in [6.07, 6.45) is 3.23. The second-order valence-corrected chi connectivity index (χ2v) is 5.83. The van der Waals surface area contributed by atoms with E-state index in [1.165, 1.54) is 0 Å². The molecule has 0 aliphatic carbocycles. The molecule has 1 aliphatic heterocycles. The number of H-pyrrole nitrogens is 1. The molecule has 1 atom stereocenters. The lowest BCUT2D eigenvalue weighted by molar-refractivity contribution is 0.0919. The van der Waals surface area contributed by atoms with E-state index in [-0.39, 0.29) is 24.3 Å². The van der Waals surface area contributed by atoms with Crippen molar-refractivity contribution in [1.29, 1.82) is 0 Å². The van der Waals surface area contributed by atoms with Gasteiger partial charge in [0.25, 0.3) is 0 Å². The Hall–Kier alpha value is -2.56. The van der Waals surface area contributed by atoms with Crippen LogP contribution in [0.3, 0.4) is 0 Å². The van der Waals surface area contributed by atoms with Crippen LogP contribution in [0.15, 0.2) is 47.4 Å². The molecule has 1 fully saturated rings. The van der Waals surface area contributed by atoms with Gasteiger partial charge < -0.3 is 14.6 Å². The van der Waals surface area contributed by atoms with Gasteiger partial charge in [-0.3, -0.25) is 4.79 Å². The zero-order valence-corrected chi connectivity index (χ0v) is 13.1. The number of nitrogens with zero attached hydrogens (tertiary/aromatic N) is 1. The summed E-state index contributed by atoms with van der Waals surface area (Å²) in [5, 5.41) is 0. The summed E-state index contributed by atoms with van der Waals surface area (Å²) in [6.45, 7) is 2.85. The standard InChI is InChI=1S/C18H20N2O3/c1-13-10-17(21)19-11-15(13)16-8-5-9-20(16)18(22)23-12-14-6-3-2-4-7-14/h2-4,6-7,10-11,16H,5,8-9,12H2,1H3,(H,19,21)/t16-/m0/s1. The van der Waals surface area contributed by atoms with Crippen LogP contribution in [0.4, 0.5) is 4.79 Å². The smallest absolute Gasteiger partial charge is 0.410 e. The first-order valence-electron chi connectivity index (χ1n) is 7.81. The van der Waals surface area contributed by atoms with Crippen LogP contribution in [0.5, 0.6) is 0 Å². The van der Waals surface area contributed by atoms with Gasteiger partial charge in [0.05, 0.1) is 6.04 Å². The highest BCUT2D eigenvalue weighted by molar-refractivity contribution is 5.69. The van der Waals surface area contributed by atoms with E-state index in [1.54, 1.807) is 17.2 Å². The van der Waals surface area contributed by atoms with Gasteiger partial charge in [-0.25, -0.2) is 4.79 Å². The lowest BCUT2D eigenvalue weighted by atomic mass is 10.0. The van der Waals surface area contributed by atoms with Gasteiger partial charge in [0.1, 0.15) is 6.61 Å². The lowest BCUT2D eigenvalue weighted by Crippen LogP contribution is -2.31. The minimum Gasteiger partial charge on any atom is -0.445 e. The van der Waals surface area contributed by atoms with Crippen LogP contribution in [-0.2, 0) is 11.3 Å².